The third kappa shape index (κ3) is 5.88. The maximum absolute atomic E-state index is 14.6. The molecule has 6 nitrogen and oxygen atoms in total. The summed E-state index contributed by atoms with van der Waals surface area (Å²) < 4.78 is 47.9. The first-order valence-corrected chi connectivity index (χ1v) is 11.6. The van der Waals surface area contributed by atoms with Crippen molar-refractivity contribution in [2.24, 2.45) is 5.92 Å². The molecule has 31 heavy (non-hydrogen) atoms. The highest BCUT2D eigenvalue weighted by Crippen LogP contribution is 2.35. The normalized spacial score (nSPS) is 16.9. The number of amides is 2. The first kappa shape index (κ1) is 23.3. The van der Waals surface area contributed by atoms with Gasteiger partial charge in [-0.3, -0.25) is 13.9 Å². The molecule has 166 valence electrons. The van der Waals surface area contributed by atoms with Crippen LogP contribution in [-0.2, 0) is 20.3 Å². The van der Waals surface area contributed by atoms with E-state index in [2.05, 4.69) is 21.2 Å². The van der Waals surface area contributed by atoms with Crippen molar-refractivity contribution in [2.75, 3.05) is 26.2 Å². The minimum atomic E-state index is -1.75. The Kier molecular flexibility index (Phi) is 7.77. The second-order valence-corrected chi connectivity index (χ2v) is 9.65. The van der Waals surface area contributed by atoms with Gasteiger partial charge in [0.15, 0.2) is 0 Å². The predicted octanol–water partition coefficient (Wildman–Crippen LogP) is 3.78. The zero-order chi connectivity index (χ0) is 22.5. The third-order valence-electron chi connectivity index (χ3n) is 4.82. The molecular formula is C21H21BrF2N2O4S. The number of ether oxygens (including phenoxy) is 1. The van der Waals surface area contributed by atoms with E-state index in [4.69, 9.17) is 4.74 Å². The van der Waals surface area contributed by atoms with Crippen LogP contribution in [-0.4, -0.2) is 47.4 Å². The first-order valence-electron chi connectivity index (χ1n) is 9.55. The Labute approximate surface area is 189 Å². The van der Waals surface area contributed by atoms with E-state index >= 15 is 0 Å². The number of halogens is 3. The monoisotopic (exact) mass is 514 g/mol. The van der Waals surface area contributed by atoms with Crippen molar-refractivity contribution in [1.29, 1.82) is 0 Å². The summed E-state index contributed by atoms with van der Waals surface area (Å²) in [6.45, 7) is 2.00. The van der Waals surface area contributed by atoms with E-state index in [1.165, 1.54) is 4.90 Å². The Morgan fingerprint density at radius 3 is 2.65 bits per heavy atom. The Balaban J connectivity index is 1.82. The van der Waals surface area contributed by atoms with Gasteiger partial charge >= 0.3 is 6.09 Å². The Hall–Kier alpha value is -2.33. The number of rotatable bonds is 6. The molecule has 0 radical (unpaired) electrons. The number of nitrogens with one attached hydrogen (secondary N) is 1. The van der Waals surface area contributed by atoms with Crippen LogP contribution in [0.3, 0.4) is 0 Å². The van der Waals surface area contributed by atoms with E-state index < -0.39 is 39.7 Å². The van der Waals surface area contributed by atoms with Gasteiger partial charge < -0.3 is 10.1 Å². The van der Waals surface area contributed by atoms with Crippen molar-refractivity contribution in [3.05, 3.63) is 64.1 Å². The summed E-state index contributed by atoms with van der Waals surface area (Å²) in [6.07, 6.45) is -0.686. The van der Waals surface area contributed by atoms with Gasteiger partial charge in [0.05, 0.1) is 22.7 Å². The van der Waals surface area contributed by atoms with E-state index in [-0.39, 0.29) is 24.6 Å². The van der Waals surface area contributed by atoms with Crippen LogP contribution in [0.5, 0.6) is 0 Å². The topological polar surface area (TPSA) is 75.7 Å². The molecule has 3 unspecified atom stereocenters. The van der Waals surface area contributed by atoms with Gasteiger partial charge in [-0.2, -0.15) is 0 Å². The summed E-state index contributed by atoms with van der Waals surface area (Å²) in [4.78, 5) is 25.5. The van der Waals surface area contributed by atoms with E-state index in [0.717, 1.165) is 22.7 Å². The van der Waals surface area contributed by atoms with Gasteiger partial charge in [0.25, 0.3) is 0 Å². The maximum Gasteiger partial charge on any atom is 0.410 e. The molecule has 1 heterocycles. The number of nitrogens with zero attached hydrogens (tertiary/aromatic N) is 1. The molecule has 2 amide bonds. The smallest absolute Gasteiger partial charge is 0.410 e. The third-order valence-corrected chi connectivity index (χ3v) is 7.27. The molecule has 0 saturated carbocycles. The summed E-state index contributed by atoms with van der Waals surface area (Å²) in [6, 6.07) is 9.68. The van der Waals surface area contributed by atoms with Crippen molar-refractivity contribution in [3.63, 3.8) is 0 Å². The fraction of sp³-hybridized carbons (Fsp3) is 0.333. The van der Waals surface area contributed by atoms with E-state index in [0.29, 0.717) is 18.0 Å². The number of carbonyl (C=O) groups is 2. The highest BCUT2D eigenvalue weighted by atomic mass is 79.9. The minimum absolute atomic E-state index is 0.0536. The van der Waals surface area contributed by atoms with Gasteiger partial charge in [0.1, 0.15) is 18.2 Å². The van der Waals surface area contributed by atoms with Crippen LogP contribution in [0, 0.1) is 17.6 Å². The largest absolute Gasteiger partial charge is 0.449 e. The minimum Gasteiger partial charge on any atom is -0.449 e. The summed E-state index contributed by atoms with van der Waals surface area (Å²) >= 11 is 3.31. The molecule has 3 atom stereocenters. The van der Waals surface area contributed by atoms with E-state index in [1.54, 1.807) is 31.2 Å². The molecule has 2 aromatic rings. The number of carbonyl (C=O) groups excluding carboxylic acids is 2. The van der Waals surface area contributed by atoms with Crippen LogP contribution in [0.15, 0.2) is 51.8 Å². The van der Waals surface area contributed by atoms with Crippen LogP contribution in [0.4, 0.5) is 13.6 Å². The van der Waals surface area contributed by atoms with Crippen molar-refractivity contribution in [3.8, 4) is 0 Å². The average Bonchev–Trinajstić information content (AvgIpc) is 2.75. The molecule has 1 fully saturated rings. The lowest BCUT2D eigenvalue weighted by molar-refractivity contribution is -0.123. The van der Waals surface area contributed by atoms with E-state index in [1.807, 2.05) is 0 Å². The Bertz CT molecular complexity index is 990. The summed E-state index contributed by atoms with van der Waals surface area (Å²) in [5.74, 6) is -2.24. The second kappa shape index (κ2) is 10.3. The van der Waals surface area contributed by atoms with Crippen molar-refractivity contribution in [2.45, 2.75) is 17.1 Å². The number of hydrogen-bond acceptors (Lipinski definition) is 4. The molecule has 1 aliphatic rings. The van der Waals surface area contributed by atoms with Crippen LogP contribution in [0.2, 0.25) is 0 Å². The van der Waals surface area contributed by atoms with Gasteiger partial charge in [0.2, 0.25) is 5.91 Å². The van der Waals surface area contributed by atoms with Gasteiger partial charge in [-0.25, -0.2) is 13.6 Å². The molecule has 1 saturated heterocycles. The molecule has 10 heteroatoms. The van der Waals surface area contributed by atoms with Crippen LogP contribution < -0.4 is 5.32 Å². The molecule has 0 aromatic heterocycles. The van der Waals surface area contributed by atoms with Gasteiger partial charge in [-0.05, 0) is 42.5 Å². The van der Waals surface area contributed by atoms with Crippen LogP contribution in [0.1, 0.15) is 17.7 Å². The molecule has 0 bridgehead atoms. The van der Waals surface area contributed by atoms with Gasteiger partial charge in [-0.1, -0.05) is 22.9 Å². The van der Waals surface area contributed by atoms with Crippen molar-refractivity contribution < 1.29 is 27.3 Å². The lowest BCUT2D eigenvalue weighted by Gasteiger charge is -2.28. The molecule has 3 rings (SSSR count). The van der Waals surface area contributed by atoms with E-state index in [9.17, 15) is 22.6 Å². The highest BCUT2D eigenvalue weighted by Gasteiger charge is 2.31. The fourth-order valence-electron chi connectivity index (χ4n) is 3.26. The predicted molar refractivity (Wildman–Crippen MR) is 115 cm³/mol. The molecule has 0 spiro atoms. The summed E-state index contributed by atoms with van der Waals surface area (Å²) in [7, 11) is -1.75. The van der Waals surface area contributed by atoms with Crippen molar-refractivity contribution in [1.82, 2.24) is 10.2 Å². The number of benzene rings is 2. The first-order chi connectivity index (χ1) is 14.8. The molecule has 1 N–H and O–H groups in total. The SMILES string of the molecule is CC(COC(=O)N1CCNC(=O)C1)C(c1cc(F)ccc1F)S(=O)c1ccc(Br)cc1. The van der Waals surface area contributed by atoms with Crippen LogP contribution in [0.25, 0.3) is 0 Å². The lowest BCUT2D eigenvalue weighted by atomic mass is 10.0. The molecule has 0 aliphatic carbocycles. The quantitative estimate of drug-likeness (QED) is 0.636. The van der Waals surface area contributed by atoms with Gasteiger partial charge in [-0.15, -0.1) is 0 Å². The number of hydrogen-bond donors (Lipinski definition) is 1. The zero-order valence-corrected chi connectivity index (χ0v) is 19.0. The molecule has 1 aliphatic heterocycles. The van der Waals surface area contributed by atoms with Crippen molar-refractivity contribution >= 4 is 38.7 Å². The summed E-state index contributed by atoms with van der Waals surface area (Å²) in [5, 5.41) is 1.65. The fourth-order valence-corrected chi connectivity index (χ4v) is 5.13. The van der Waals surface area contributed by atoms with Crippen LogP contribution >= 0.6 is 15.9 Å². The summed E-state index contributed by atoms with van der Waals surface area (Å²) in [5.41, 5.74) is -0.0536. The van der Waals surface area contributed by atoms with Gasteiger partial charge in [0, 0.05) is 33.9 Å². The Morgan fingerprint density at radius 1 is 1.26 bits per heavy atom. The Morgan fingerprint density at radius 2 is 1.97 bits per heavy atom. The molecular weight excluding hydrogens is 494 g/mol. The second-order valence-electron chi connectivity index (χ2n) is 7.16. The number of piperazine rings is 1. The average molecular weight is 515 g/mol. The standard InChI is InChI=1S/C21H21BrF2N2O4S/c1-13(12-30-21(28)26-9-8-25-19(27)11-26)20(17-10-15(23)4-7-18(17)24)31(29)16-5-2-14(22)3-6-16/h2-7,10,13,20H,8-9,11-12H2,1H3,(H,25,27). The molecule has 2 aromatic carbocycles. The lowest BCUT2D eigenvalue weighted by Crippen LogP contribution is -2.50. The maximum atomic E-state index is 14.6. The zero-order valence-electron chi connectivity index (χ0n) is 16.6. The highest BCUT2D eigenvalue weighted by molar-refractivity contribution is 9.10.